The lowest BCUT2D eigenvalue weighted by molar-refractivity contribution is 0.372. The Kier molecular flexibility index (Phi) is 6.90. The molecular weight excluding hydrogens is 369 g/mol. The molecule has 0 amide bonds. The van der Waals surface area contributed by atoms with Gasteiger partial charge in [0.15, 0.2) is 5.96 Å². The Labute approximate surface area is 171 Å². The summed E-state index contributed by atoms with van der Waals surface area (Å²) < 4.78 is 19.3. The van der Waals surface area contributed by atoms with Gasteiger partial charge in [0.25, 0.3) is 0 Å². The fraction of sp³-hybridized carbons (Fsp3) is 0.364. The summed E-state index contributed by atoms with van der Waals surface area (Å²) in [4.78, 5) is 9.13. The van der Waals surface area contributed by atoms with Gasteiger partial charge in [-0.2, -0.15) is 5.26 Å². The first-order chi connectivity index (χ1) is 14.1. The quantitative estimate of drug-likeness (QED) is 0.623. The maximum atomic E-state index is 14.0. The molecule has 1 aliphatic rings. The molecule has 6 nitrogen and oxygen atoms in total. The molecule has 2 aromatic rings. The molecule has 0 aromatic heterocycles. The van der Waals surface area contributed by atoms with E-state index in [4.69, 9.17) is 10.00 Å². The highest BCUT2D eigenvalue weighted by Crippen LogP contribution is 2.20. The molecule has 3 rings (SSSR count). The third kappa shape index (κ3) is 5.17. The summed E-state index contributed by atoms with van der Waals surface area (Å²) in [7, 11) is 1.66. The van der Waals surface area contributed by atoms with E-state index in [0.29, 0.717) is 11.1 Å². The van der Waals surface area contributed by atoms with Crippen LogP contribution in [0.15, 0.2) is 47.5 Å². The Hall–Kier alpha value is -3.27. The monoisotopic (exact) mass is 395 g/mol. The maximum absolute atomic E-state index is 14.0. The number of hydrogen-bond donors (Lipinski definition) is 1. The number of halogens is 1. The van der Waals surface area contributed by atoms with Crippen molar-refractivity contribution >= 4 is 11.6 Å². The van der Waals surface area contributed by atoms with E-state index in [0.717, 1.165) is 44.4 Å². The molecule has 0 saturated carbocycles. The van der Waals surface area contributed by atoms with E-state index < -0.39 is 0 Å². The van der Waals surface area contributed by atoms with Crippen LogP contribution in [-0.2, 0) is 6.54 Å². The number of rotatable bonds is 5. The average Bonchev–Trinajstić information content (AvgIpc) is 2.78. The van der Waals surface area contributed by atoms with Gasteiger partial charge < -0.3 is 19.9 Å². The Balaban J connectivity index is 1.65. The molecule has 1 aliphatic heterocycles. The molecule has 0 atom stereocenters. The molecule has 0 spiro atoms. The van der Waals surface area contributed by atoms with Crippen molar-refractivity contribution in [3.8, 4) is 11.8 Å². The van der Waals surface area contributed by atoms with Gasteiger partial charge in [0.05, 0.1) is 25.3 Å². The lowest BCUT2D eigenvalue weighted by Gasteiger charge is -2.37. The Bertz CT molecular complexity index is 883. The van der Waals surface area contributed by atoms with E-state index in [1.54, 1.807) is 13.2 Å². The first kappa shape index (κ1) is 20.5. The minimum Gasteiger partial charge on any atom is -0.497 e. The maximum Gasteiger partial charge on any atom is 0.194 e. The van der Waals surface area contributed by atoms with E-state index in [2.05, 4.69) is 32.2 Å². The minimum absolute atomic E-state index is 0.197. The summed E-state index contributed by atoms with van der Waals surface area (Å²) in [6, 6.07) is 14.5. The van der Waals surface area contributed by atoms with Crippen molar-refractivity contribution in [2.45, 2.75) is 13.5 Å². The van der Waals surface area contributed by atoms with Crippen molar-refractivity contribution < 1.29 is 9.13 Å². The molecule has 0 unspecified atom stereocenters. The summed E-state index contributed by atoms with van der Waals surface area (Å²) >= 11 is 0. The van der Waals surface area contributed by atoms with Gasteiger partial charge in [-0.25, -0.2) is 9.38 Å². The fourth-order valence-electron chi connectivity index (χ4n) is 3.32. The number of nitrogens with zero attached hydrogens (tertiary/aromatic N) is 4. The van der Waals surface area contributed by atoms with Gasteiger partial charge in [-0.3, -0.25) is 0 Å². The number of ether oxygens (including phenoxy) is 1. The highest BCUT2D eigenvalue weighted by atomic mass is 19.1. The van der Waals surface area contributed by atoms with Crippen LogP contribution in [0.25, 0.3) is 0 Å². The van der Waals surface area contributed by atoms with Gasteiger partial charge in [-0.05, 0) is 49.4 Å². The van der Waals surface area contributed by atoms with Crippen LogP contribution in [0.4, 0.5) is 10.1 Å². The molecule has 152 valence electrons. The summed E-state index contributed by atoms with van der Waals surface area (Å²) in [6.45, 7) is 6.32. The lowest BCUT2D eigenvalue weighted by atomic mass is 10.1. The van der Waals surface area contributed by atoms with E-state index in [1.165, 1.54) is 17.8 Å². The second kappa shape index (κ2) is 9.78. The molecule has 29 heavy (non-hydrogen) atoms. The number of piperazine rings is 1. The predicted molar refractivity (Wildman–Crippen MR) is 113 cm³/mol. The molecule has 1 N–H and O–H groups in total. The highest BCUT2D eigenvalue weighted by Gasteiger charge is 2.20. The number of nitriles is 1. The largest absolute Gasteiger partial charge is 0.497 e. The van der Waals surface area contributed by atoms with Gasteiger partial charge in [0.1, 0.15) is 11.6 Å². The second-order valence-corrected chi connectivity index (χ2v) is 6.76. The summed E-state index contributed by atoms with van der Waals surface area (Å²) in [6.07, 6.45) is 0. The smallest absolute Gasteiger partial charge is 0.194 e. The molecule has 1 heterocycles. The molecule has 0 bridgehead atoms. The zero-order valence-corrected chi connectivity index (χ0v) is 16.9. The molecule has 0 aliphatic carbocycles. The standard InChI is InChI=1S/C22H26FN5O/c1-3-25-22(26-16-18-14-17(15-24)4-9-21(18)23)28-12-10-27(11-13-28)19-5-7-20(29-2)8-6-19/h4-9,14H,3,10-13,16H2,1-2H3,(H,25,26). The number of hydrogen-bond acceptors (Lipinski definition) is 4. The first-order valence-electron chi connectivity index (χ1n) is 9.75. The molecule has 1 saturated heterocycles. The number of guanidine groups is 1. The molecule has 1 fully saturated rings. The van der Waals surface area contributed by atoms with E-state index in [1.807, 2.05) is 25.1 Å². The summed E-state index contributed by atoms with van der Waals surface area (Å²) in [5, 5.41) is 12.3. The van der Waals surface area contributed by atoms with Crippen LogP contribution >= 0.6 is 0 Å². The first-order valence-corrected chi connectivity index (χ1v) is 9.75. The van der Waals surface area contributed by atoms with Gasteiger partial charge in [0, 0.05) is 44.0 Å². The van der Waals surface area contributed by atoms with Crippen molar-refractivity contribution in [3.63, 3.8) is 0 Å². The van der Waals surface area contributed by atoms with E-state index in [-0.39, 0.29) is 12.4 Å². The number of methoxy groups -OCH3 is 1. The lowest BCUT2D eigenvalue weighted by Crippen LogP contribution is -2.52. The van der Waals surface area contributed by atoms with Gasteiger partial charge in [0.2, 0.25) is 0 Å². The predicted octanol–water partition coefficient (Wildman–Crippen LogP) is 2.99. The third-order valence-corrected chi connectivity index (χ3v) is 4.93. The summed E-state index contributed by atoms with van der Waals surface area (Å²) in [5.41, 5.74) is 2.04. The number of aliphatic imine (C=N–C) groups is 1. The van der Waals surface area contributed by atoms with Crippen molar-refractivity contribution in [1.29, 1.82) is 5.26 Å². The third-order valence-electron chi connectivity index (χ3n) is 4.93. The number of benzene rings is 2. The summed E-state index contributed by atoms with van der Waals surface area (Å²) in [5.74, 6) is 1.28. The Morgan fingerprint density at radius 3 is 2.52 bits per heavy atom. The second-order valence-electron chi connectivity index (χ2n) is 6.76. The van der Waals surface area contributed by atoms with Crippen LogP contribution < -0.4 is 15.0 Å². The zero-order chi connectivity index (χ0) is 20.6. The molecule has 0 radical (unpaired) electrons. The van der Waals surface area contributed by atoms with Crippen LogP contribution in [0.5, 0.6) is 5.75 Å². The van der Waals surface area contributed by atoms with Crippen molar-refractivity contribution in [2.75, 3.05) is 44.7 Å². The van der Waals surface area contributed by atoms with E-state index >= 15 is 0 Å². The molecular formula is C22H26FN5O. The number of anilines is 1. The van der Waals surface area contributed by atoms with Crippen LogP contribution in [0.1, 0.15) is 18.1 Å². The Morgan fingerprint density at radius 1 is 1.17 bits per heavy atom. The van der Waals surface area contributed by atoms with Gasteiger partial charge in [-0.1, -0.05) is 0 Å². The Morgan fingerprint density at radius 2 is 1.90 bits per heavy atom. The van der Waals surface area contributed by atoms with Crippen LogP contribution in [0.2, 0.25) is 0 Å². The van der Waals surface area contributed by atoms with Crippen LogP contribution in [0.3, 0.4) is 0 Å². The van der Waals surface area contributed by atoms with Gasteiger partial charge in [-0.15, -0.1) is 0 Å². The van der Waals surface area contributed by atoms with E-state index in [9.17, 15) is 4.39 Å². The van der Waals surface area contributed by atoms with Gasteiger partial charge >= 0.3 is 0 Å². The SMILES string of the molecule is CCNC(=NCc1cc(C#N)ccc1F)N1CCN(c2ccc(OC)cc2)CC1. The normalized spacial score (nSPS) is 14.5. The zero-order valence-electron chi connectivity index (χ0n) is 16.9. The van der Waals surface area contributed by atoms with Crippen LogP contribution in [0, 0.1) is 17.1 Å². The average molecular weight is 395 g/mol. The van der Waals surface area contributed by atoms with Crippen molar-refractivity contribution in [2.24, 2.45) is 4.99 Å². The minimum atomic E-state index is -0.340. The number of nitrogens with one attached hydrogen (secondary N) is 1. The molecule has 7 heteroatoms. The topological polar surface area (TPSA) is 63.9 Å². The van der Waals surface area contributed by atoms with Crippen molar-refractivity contribution in [3.05, 3.63) is 59.4 Å². The van der Waals surface area contributed by atoms with Crippen molar-refractivity contribution in [1.82, 2.24) is 10.2 Å². The fourth-order valence-corrected chi connectivity index (χ4v) is 3.32. The molecule has 2 aromatic carbocycles. The van der Waals surface area contributed by atoms with Crippen LogP contribution in [-0.4, -0.2) is 50.7 Å². The highest BCUT2D eigenvalue weighted by molar-refractivity contribution is 5.80.